The molecule has 0 bridgehead atoms. The summed E-state index contributed by atoms with van der Waals surface area (Å²) in [4.78, 5) is 0. The second-order valence-corrected chi connectivity index (χ2v) is 2.54. The van der Waals surface area contributed by atoms with Gasteiger partial charge in [0.1, 0.15) is 0 Å². The van der Waals surface area contributed by atoms with Crippen LogP contribution in [0.5, 0.6) is 0 Å². The zero-order chi connectivity index (χ0) is 5.98. The van der Waals surface area contributed by atoms with Crippen molar-refractivity contribution in [3.05, 3.63) is 0 Å². The van der Waals surface area contributed by atoms with E-state index in [0.29, 0.717) is 5.92 Å². The van der Waals surface area contributed by atoms with Crippen LogP contribution in [0.3, 0.4) is 0 Å². The Kier molecular flexibility index (Phi) is 1.86. The van der Waals surface area contributed by atoms with Crippen LogP contribution in [0, 0.1) is 5.92 Å². The van der Waals surface area contributed by atoms with Crippen LogP contribution in [0.25, 0.3) is 0 Å². The molecule has 2 atom stereocenters. The highest BCUT2D eigenvalue weighted by atomic mass is 16.3. The standard InChI is InChI=1S/C6H13NO/c7-6-3-1-2-5(6)4-8/h5-6,8H,1-4,7H2/t5-,6?/m0/s1. The third-order valence-corrected chi connectivity index (χ3v) is 1.95. The molecule has 1 unspecified atom stereocenters. The van der Waals surface area contributed by atoms with Crippen molar-refractivity contribution in [1.82, 2.24) is 0 Å². The summed E-state index contributed by atoms with van der Waals surface area (Å²) in [5, 5.41) is 8.66. The van der Waals surface area contributed by atoms with Crippen molar-refractivity contribution in [1.29, 1.82) is 0 Å². The Balaban J connectivity index is 2.30. The molecule has 0 aromatic carbocycles. The van der Waals surface area contributed by atoms with E-state index in [-0.39, 0.29) is 12.6 Å². The Labute approximate surface area is 49.7 Å². The summed E-state index contributed by atoms with van der Waals surface area (Å²) in [6.07, 6.45) is 3.43. The molecule has 1 fully saturated rings. The van der Waals surface area contributed by atoms with E-state index in [9.17, 15) is 0 Å². The van der Waals surface area contributed by atoms with Crippen LogP contribution < -0.4 is 5.73 Å². The van der Waals surface area contributed by atoms with Gasteiger partial charge in [-0.15, -0.1) is 0 Å². The summed E-state index contributed by atoms with van der Waals surface area (Å²) in [6, 6.07) is 0.278. The van der Waals surface area contributed by atoms with E-state index in [4.69, 9.17) is 10.8 Å². The monoisotopic (exact) mass is 115 g/mol. The molecule has 0 spiro atoms. The van der Waals surface area contributed by atoms with E-state index in [1.165, 1.54) is 6.42 Å². The lowest BCUT2D eigenvalue weighted by Gasteiger charge is -2.09. The molecule has 1 saturated carbocycles. The first-order valence-electron chi connectivity index (χ1n) is 3.21. The molecule has 0 saturated heterocycles. The minimum Gasteiger partial charge on any atom is -0.396 e. The Morgan fingerprint density at radius 3 is 2.50 bits per heavy atom. The Hall–Kier alpha value is -0.0800. The van der Waals surface area contributed by atoms with Crippen molar-refractivity contribution in [2.45, 2.75) is 25.3 Å². The maximum atomic E-state index is 8.66. The van der Waals surface area contributed by atoms with Crippen molar-refractivity contribution in [2.24, 2.45) is 11.7 Å². The average Bonchev–Trinajstić information content (AvgIpc) is 2.14. The fraction of sp³-hybridized carbons (Fsp3) is 1.00. The first kappa shape index (κ1) is 6.05. The highest BCUT2D eigenvalue weighted by molar-refractivity contribution is 4.78. The van der Waals surface area contributed by atoms with Crippen molar-refractivity contribution in [3.63, 3.8) is 0 Å². The maximum Gasteiger partial charge on any atom is 0.0474 e. The molecule has 0 aliphatic heterocycles. The summed E-state index contributed by atoms with van der Waals surface area (Å²) in [5.41, 5.74) is 5.63. The second kappa shape index (κ2) is 2.46. The van der Waals surface area contributed by atoms with Crippen molar-refractivity contribution >= 4 is 0 Å². The molecule has 0 amide bonds. The van der Waals surface area contributed by atoms with Gasteiger partial charge in [-0.2, -0.15) is 0 Å². The molecule has 3 N–H and O–H groups in total. The molecule has 48 valence electrons. The molecule has 0 aromatic rings. The minimum absolute atomic E-state index is 0.278. The SMILES string of the molecule is NC1CCC[C@H]1CO. The summed E-state index contributed by atoms with van der Waals surface area (Å²) < 4.78 is 0. The summed E-state index contributed by atoms with van der Waals surface area (Å²) in [7, 11) is 0. The van der Waals surface area contributed by atoms with Gasteiger partial charge in [-0.3, -0.25) is 0 Å². The van der Waals surface area contributed by atoms with Gasteiger partial charge in [0.2, 0.25) is 0 Å². The lowest BCUT2D eigenvalue weighted by Crippen LogP contribution is -2.26. The first-order valence-corrected chi connectivity index (χ1v) is 3.21. The molecule has 2 nitrogen and oxygen atoms in total. The lowest BCUT2D eigenvalue weighted by atomic mass is 10.1. The fourth-order valence-electron chi connectivity index (χ4n) is 1.29. The van der Waals surface area contributed by atoms with Crippen LogP contribution in [0.15, 0.2) is 0 Å². The smallest absolute Gasteiger partial charge is 0.0474 e. The van der Waals surface area contributed by atoms with Crippen molar-refractivity contribution in [2.75, 3.05) is 6.61 Å². The fourth-order valence-corrected chi connectivity index (χ4v) is 1.29. The van der Waals surface area contributed by atoms with Gasteiger partial charge in [-0.05, 0) is 18.8 Å². The molecular weight excluding hydrogens is 102 g/mol. The number of hydrogen-bond donors (Lipinski definition) is 2. The molecular formula is C6H13NO. The van der Waals surface area contributed by atoms with Crippen LogP contribution in [-0.2, 0) is 0 Å². The molecule has 1 rings (SSSR count). The Morgan fingerprint density at radius 2 is 2.25 bits per heavy atom. The quantitative estimate of drug-likeness (QED) is 0.509. The van der Waals surface area contributed by atoms with Gasteiger partial charge in [0, 0.05) is 12.6 Å². The summed E-state index contributed by atoms with van der Waals surface area (Å²) in [5.74, 6) is 0.398. The number of nitrogens with two attached hydrogens (primary N) is 1. The predicted molar refractivity (Wildman–Crippen MR) is 32.4 cm³/mol. The van der Waals surface area contributed by atoms with Gasteiger partial charge in [0.05, 0.1) is 0 Å². The topological polar surface area (TPSA) is 46.2 Å². The lowest BCUT2D eigenvalue weighted by molar-refractivity contribution is 0.218. The van der Waals surface area contributed by atoms with Crippen LogP contribution in [0.1, 0.15) is 19.3 Å². The van der Waals surface area contributed by atoms with E-state index in [2.05, 4.69) is 0 Å². The molecule has 8 heavy (non-hydrogen) atoms. The van der Waals surface area contributed by atoms with Gasteiger partial charge in [0.15, 0.2) is 0 Å². The van der Waals surface area contributed by atoms with Gasteiger partial charge in [-0.1, -0.05) is 6.42 Å². The zero-order valence-electron chi connectivity index (χ0n) is 5.01. The zero-order valence-corrected chi connectivity index (χ0v) is 5.01. The Morgan fingerprint density at radius 1 is 1.50 bits per heavy atom. The molecule has 2 heteroatoms. The molecule has 0 heterocycles. The molecule has 1 aliphatic carbocycles. The van der Waals surface area contributed by atoms with E-state index in [1.54, 1.807) is 0 Å². The van der Waals surface area contributed by atoms with Crippen molar-refractivity contribution < 1.29 is 5.11 Å². The number of hydrogen-bond acceptors (Lipinski definition) is 2. The number of aliphatic hydroxyl groups is 1. The predicted octanol–water partition coefficient (Wildman–Crippen LogP) is 0.106. The van der Waals surface area contributed by atoms with E-state index in [1.807, 2.05) is 0 Å². The van der Waals surface area contributed by atoms with Gasteiger partial charge in [0.25, 0.3) is 0 Å². The van der Waals surface area contributed by atoms with E-state index in [0.717, 1.165) is 12.8 Å². The van der Waals surface area contributed by atoms with Gasteiger partial charge < -0.3 is 10.8 Å². The molecule has 0 aromatic heterocycles. The second-order valence-electron chi connectivity index (χ2n) is 2.54. The largest absolute Gasteiger partial charge is 0.396 e. The third-order valence-electron chi connectivity index (χ3n) is 1.95. The third kappa shape index (κ3) is 1.01. The van der Waals surface area contributed by atoms with E-state index >= 15 is 0 Å². The van der Waals surface area contributed by atoms with Gasteiger partial charge >= 0.3 is 0 Å². The maximum absolute atomic E-state index is 8.66. The highest BCUT2D eigenvalue weighted by Gasteiger charge is 2.22. The van der Waals surface area contributed by atoms with Crippen molar-refractivity contribution in [3.8, 4) is 0 Å². The minimum atomic E-state index is 0.278. The summed E-state index contributed by atoms with van der Waals surface area (Å²) in [6.45, 7) is 0.279. The van der Waals surface area contributed by atoms with Crippen LogP contribution in [0.2, 0.25) is 0 Å². The van der Waals surface area contributed by atoms with E-state index < -0.39 is 0 Å². The molecule has 1 aliphatic rings. The highest BCUT2D eigenvalue weighted by Crippen LogP contribution is 2.22. The normalized spacial score (nSPS) is 38.2. The number of rotatable bonds is 1. The van der Waals surface area contributed by atoms with Crippen LogP contribution in [-0.4, -0.2) is 17.8 Å². The Bertz CT molecular complexity index is 74.9. The number of aliphatic hydroxyl groups excluding tert-OH is 1. The average molecular weight is 115 g/mol. The van der Waals surface area contributed by atoms with Gasteiger partial charge in [-0.25, -0.2) is 0 Å². The molecule has 0 radical (unpaired) electrons. The van der Waals surface area contributed by atoms with Crippen LogP contribution in [0.4, 0.5) is 0 Å². The summed E-state index contributed by atoms with van der Waals surface area (Å²) >= 11 is 0. The first-order chi connectivity index (χ1) is 3.84. The van der Waals surface area contributed by atoms with Crippen LogP contribution >= 0.6 is 0 Å².